The second kappa shape index (κ2) is 9.99. The molecule has 4 atom stereocenters. The molecule has 0 amide bonds. The molecule has 12 nitrogen and oxygen atoms in total. The summed E-state index contributed by atoms with van der Waals surface area (Å²) in [6.45, 7) is 3.63. The normalized spacial score (nSPS) is 19.3. The number of sulfone groups is 1. The first-order valence-electron chi connectivity index (χ1n) is 10.8. The summed E-state index contributed by atoms with van der Waals surface area (Å²) in [5.41, 5.74) is 0.346. The molecule has 1 aliphatic carbocycles. The van der Waals surface area contributed by atoms with E-state index in [1.54, 1.807) is 11.5 Å². The smallest absolute Gasteiger partial charge is 0.245 e. The van der Waals surface area contributed by atoms with Crippen molar-refractivity contribution in [1.82, 2.24) is 34.7 Å². The number of rotatable bonds is 10. The third-order valence-corrected chi connectivity index (χ3v) is 8.27. The Balaban J connectivity index is 1.76. The molecule has 1 aliphatic rings. The van der Waals surface area contributed by atoms with Crippen molar-refractivity contribution in [2.45, 2.75) is 43.3 Å². The van der Waals surface area contributed by atoms with Crippen molar-refractivity contribution in [1.29, 1.82) is 0 Å². The zero-order chi connectivity index (χ0) is 25.3. The van der Waals surface area contributed by atoms with Crippen LogP contribution in [0.1, 0.15) is 49.8 Å². The second-order valence-electron chi connectivity index (χ2n) is 8.30. The molecule has 0 aliphatic heterocycles. The van der Waals surface area contributed by atoms with E-state index < -0.39 is 26.9 Å². The van der Waals surface area contributed by atoms with Crippen molar-refractivity contribution in [2.75, 3.05) is 21.3 Å². The summed E-state index contributed by atoms with van der Waals surface area (Å²) in [4.78, 5) is 16.6. The second-order valence-corrected chi connectivity index (χ2v) is 11.1. The van der Waals surface area contributed by atoms with Gasteiger partial charge in [0.05, 0.1) is 24.5 Å². The van der Waals surface area contributed by atoms with Crippen LogP contribution >= 0.6 is 11.6 Å². The maximum atomic E-state index is 13.6. The van der Waals surface area contributed by atoms with E-state index in [4.69, 9.17) is 25.8 Å². The minimum atomic E-state index is -3.84. The van der Waals surface area contributed by atoms with Crippen LogP contribution in [-0.2, 0) is 20.3 Å². The summed E-state index contributed by atoms with van der Waals surface area (Å²) in [5, 5.41) is 7.93. The first-order valence-corrected chi connectivity index (χ1v) is 12.9. The maximum absolute atomic E-state index is 13.6. The monoisotopic (exact) mass is 523 g/mol. The van der Waals surface area contributed by atoms with Crippen molar-refractivity contribution in [2.24, 2.45) is 5.92 Å². The first-order chi connectivity index (χ1) is 16.7. The molecule has 188 valence electrons. The Bertz CT molecular complexity index is 1280. The molecule has 1 saturated carbocycles. The van der Waals surface area contributed by atoms with Crippen LogP contribution in [0.4, 0.5) is 0 Å². The van der Waals surface area contributed by atoms with E-state index in [1.807, 2.05) is 0 Å². The Labute approximate surface area is 208 Å². The molecule has 3 heterocycles. The zero-order valence-corrected chi connectivity index (χ0v) is 21.5. The predicted octanol–water partition coefficient (Wildman–Crippen LogP) is 2.33. The summed E-state index contributed by atoms with van der Waals surface area (Å²) in [5.74, 6) is 1.47. The van der Waals surface area contributed by atoms with Crippen LogP contribution in [0.25, 0.3) is 5.69 Å². The molecule has 0 unspecified atom stereocenters. The molecule has 3 aromatic heterocycles. The molecule has 3 aromatic rings. The molecule has 0 aromatic carbocycles. The molecule has 0 bridgehead atoms. The maximum Gasteiger partial charge on any atom is 0.245 e. The lowest BCUT2D eigenvalue weighted by atomic mass is 10.2. The first kappa shape index (κ1) is 25.2. The van der Waals surface area contributed by atoms with Gasteiger partial charge in [-0.1, -0.05) is 18.5 Å². The van der Waals surface area contributed by atoms with Gasteiger partial charge < -0.3 is 14.2 Å². The molecule has 4 rings (SSSR count). The lowest BCUT2D eigenvalue weighted by Gasteiger charge is -2.22. The average molecular weight is 524 g/mol. The topological polar surface area (TPSA) is 144 Å². The average Bonchev–Trinajstić information content (AvgIpc) is 3.44. The number of methoxy groups -OCH3 is 3. The van der Waals surface area contributed by atoms with Crippen molar-refractivity contribution >= 4 is 21.4 Å². The lowest BCUT2D eigenvalue weighted by molar-refractivity contribution is 0.0948. The molecule has 1 fully saturated rings. The number of hydrogen-bond donors (Lipinski definition) is 0. The van der Waals surface area contributed by atoms with Crippen LogP contribution in [-0.4, -0.2) is 69.7 Å². The lowest BCUT2D eigenvalue weighted by Crippen LogP contribution is -2.30. The molecule has 0 spiro atoms. The number of halogens is 1. The van der Waals surface area contributed by atoms with E-state index in [0.29, 0.717) is 22.5 Å². The summed E-state index contributed by atoms with van der Waals surface area (Å²) in [7, 11) is 0.484. The molecular weight excluding hydrogens is 498 g/mol. The molecular formula is C21H26ClN7O5S. The van der Waals surface area contributed by atoms with Crippen LogP contribution in [0, 0.1) is 5.92 Å². The molecule has 14 heteroatoms. The zero-order valence-electron chi connectivity index (χ0n) is 19.9. The van der Waals surface area contributed by atoms with Gasteiger partial charge in [0.2, 0.25) is 11.8 Å². The van der Waals surface area contributed by atoms with Gasteiger partial charge in [-0.3, -0.25) is 4.57 Å². The molecule has 35 heavy (non-hydrogen) atoms. The van der Waals surface area contributed by atoms with E-state index >= 15 is 0 Å². The number of hydrogen-bond acceptors (Lipinski definition) is 11. The van der Waals surface area contributed by atoms with E-state index in [-0.39, 0.29) is 29.3 Å². The van der Waals surface area contributed by atoms with Gasteiger partial charge in [0, 0.05) is 25.4 Å². The standard InChI is InChI=1S/C21H26ClN7O5S/c1-11-6-14(11)19-28-27-15(29(19)16-20(33-4)25-10-26-21(16)34-5)9-35(30,31)12(2)17(32-3)18-23-7-13(22)8-24-18/h7-8,10-12,14,17H,6,9H2,1-5H3/t11-,12-,14+,17-/m0/s1. The Morgan fingerprint density at radius 3 is 2.20 bits per heavy atom. The summed E-state index contributed by atoms with van der Waals surface area (Å²) in [6.07, 6.45) is 4.07. The Morgan fingerprint density at radius 2 is 1.69 bits per heavy atom. The van der Waals surface area contributed by atoms with Gasteiger partial charge in [0.1, 0.15) is 24.0 Å². The third kappa shape index (κ3) is 4.93. The van der Waals surface area contributed by atoms with Crippen LogP contribution in [0.15, 0.2) is 18.7 Å². The van der Waals surface area contributed by atoms with Crippen molar-refractivity contribution < 1.29 is 22.6 Å². The highest BCUT2D eigenvalue weighted by molar-refractivity contribution is 7.91. The number of nitrogens with zero attached hydrogens (tertiary/aromatic N) is 7. The van der Waals surface area contributed by atoms with Crippen molar-refractivity contribution in [3.05, 3.63) is 41.2 Å². The Kier molecular flexibility index (Phi) is 7.20. The Hall–Kier alpha value is -2.90. The minimum absolute atomic E-state index is 0.111. The van der Waals surface area contributed by atoms with E-state index in [2.05, 4.69) is 37.1 Å². The van der Waals surface area contributed by atoms with Gasteiger partial charge in [-0.05, 0) is 19.3 Å². The van der Waals surface area contributed by atoms with Crippen LogP contribution in [0.2, 0.25) is 5.02 Å². The highest BCUT2D eigenvalue weighted by Crippen LogP contribution is 2.48. The fourth-order valence-corrected chi connectivity index (χ4v) is 5.42. The van der Waals surface area contributed by atoms with Gasteiger partial charge >= 0.3 is 0 Å². The van der Waals surface area contributed by atoms with Crippen LogP contribution in [0.5, 0.6) is 11.8 Å². The van der Waals surface area contributed by atoms with Gasteiger partial charge in [0.25, 0.3) is 0 Å². The molecule has 0 saturated heterocycles. The summed E-state index contributed by atoms with van der Waals surface area (Å²) < 4.78 is 45.1. The molecule has 0 N–H and O–H groups in total. The number of ether oxygens (including phenoxy) is 3. The van der Waals surface area contributed by atoms with E-state index in [0.717, 1.165) is 6.42 Å². The fraction of sp³-hybridized carbons (Fsp3) is 0.524. The summed E-state index contributed by atoms with van der Waals surface area (Å²) >= 11 is 5.87. The van der Waals surface area contributed by atoms with Crippen LogP contribution in [0.3, 0.4) is 0 Å². The highest BCUT2D eigenvalue weighted by atomic mass is 35.5. The third-order valence-electron chi connectivity index (χ3n) is 6.03. The predicted molar refractivity (Wildman–Crippen MR) is 125 cm³/mol. The highest BCUT2D eigenvalue weighted by Gasteiger charge is 2.41. The Morgan fingerprint density at radius 1 is 1.09 bits per heavy atom. The van der Waals surface area contributed by atoms with Crippen molar-refractivity contribution in [3.63, 3.8) is 0 Å². The van der Waals surface area contributed by atoms with Gasteiger partial charge in [-0.25, -0.2) is 18.4 Å². The van der Waals surface area contributed by atoms with Gasteiger partial charge in [-0.15, -0.1) is 10.2 Å². The quantitative estimate of drug-likeness (QED) is 0.386. The van der Waals surface area contributed by atoms with Crippen molar-refractivity contribution in [3.8, 4) is 17.4 Å². The van der Waals surface area contributed by atoms with Crippen LogP contribution < -0.4 is 9.47 Å². The van der Waals surface area contributed by atoms with Gasteiger partial charge in [-0.2, -0.15) is 9.97 Å². The number of aromatic nitrogens is 7. The van der Waals surface area contributed by atoms with E-state index in [1.165, 1.54) is 40.1 Å². The molecule has 0 radical (unpaired) electrons. The summed E-state index contributed by atoms with van der Waals surface area (Å²) in [6, 6.07) is 0. The largest absolute Gasteiger partial charge is 0.479 e. The minimum Gasteiger partial charge on any atom is -0.479 e. The fourth-order valence-electron chi connectivity index (χ4n) is 3.90. The van der Waals surface area contributed by atoms with E-state index in [9.17, 15) is 8.42 Å². The SMILES string of the molecule is COc1ncnc(OC)c1-n1c(CS(=O)(=O)[C@@H](C)[C@H](OC)c2ncc(Cl)cn2)nnc1[C@@H]1C[C@@H]1C. The van der Waals surface area contributed by atoms with Gasteiger partial charge in [0.15, 0.2) is 27.2 Å².